The molecule has 2 aromatic rings. The van der Waals surface area contributed by atoms with E-state index in [-0.39, 0.29) is 77.4 Å². The number of hydrogen-bond donors (Lipinski definition) is 1. The van der Waals surface area contributed by atoms with E-state index < -0.39 is 27.1 Å². The third-order valence-corrected chi connectivity index (χ3v) is 7.49. The van der Waals surface area contributed by atoms with E-state index in [2.05, 4.69) is 31.5 Å². The van der Waals surface area contributed by atoms with E-state index in [0.717, 1.165) is 12.1 Å². The van der Waals surface area contributed by atoms with Crippen LogP contribution in [0.1, 0.15) is 47.5 Å². The number of nitrogens with zero attached hydrogens (tertiary/aromatic N) is 5. The van der Waals surface area contributed by atoms with Crippen molar-refractivity contribution in [1.29, 1.82) is 0 Å². The number of anilines is 2. The van der Waals surface area contributed by atoms with Crippen LogP contribution >= 0.6 is 15.9 Å². The number of nitro groups is 2. The van der Waals surface area contributed by atoms with Crippen LogP contribution in [0, 0.1) is 32.1 Å². The quantitative estimate of drug-likeness (QED) is 0.0798. The molecule has 0 aliphatic rings. The highest BCUT2D eigenvalue weighted by Gasteiger charge is 2.24. The van der Waals surface area contributed by atoms with Gasteiger partial charge in [-0.15, -0.1) is 10.2 Å². The first-order chi connectivity index (χ1) is 21.7. The first-order valence-electron chi connectivity index (χ1n) is 14.4. The molecule has 2 atom stereocenters. The van der Waals surface area contributed by atoms with Gasteiger partial charge in [0.2, 0.25) is 5.91 Å². The summed E-state index contributed by atoms with van der Waals surface area (Å²) in [5.74, 6) is -1.53. The molecule has 1 amide bonds. The first-order valence-corrected chi connectivity index (χ1v) is 15.1. The predicted octanol–water partition coefficient (Wildman–Crippen LogP) is 6.63. The Hall–Kier alpha value is -4.67. The molecule has 0 saturated heterocycles. The molecule has 2 rings (SSSR count). The molecule has 0 fully saturated rings. The standard InChI is InChI=1S/C29H37BrN6O10/c1-7-17(3)28(38)45-11-9-34(10-12-46-29(39)18(4)8-2)24-15-22(31-19(5)37)23(16-26(24)44-6)32-33-27-21(30)13-20(35(40)41)14-25(27)36(42)43/h13-18H,7-12H2,1-6H3,(H,31,37)/b33-32+. The largest absolute Gasteiger partial charge is 0.494 e. The Bertz CT molecular complexity index is 1460. The van der Waals surface area contributed by atoms with Gasteiger partial charge in [-0.3, -0.25) is 34.6 Å². The molecule has 0 saturated carbocycles. The van der Waals surface area contributed by atoms with E-state index in [1.54, 1.807) is 18.7 Å². The van der Waals surface area contributed by atoms with Gasteiger partial charge in [-0.1, -0.05) is 27.7 Å². The van der Waals surface area contributed by atoms with Gasteiger partial charge in [-0.2, -0.15) is 0 Å². The fraction of sp³-hybridized carbons (Fsp3) is 0.483. The zero-order valence-corrected chi connectivity index (χ0v) is 28.0. The summed E-state index contributed by atoms with van der Waals surface area (Å²) in [5, 5.41) is 33.6. The summed E-state index contributed by atoms with van der Waals surface area (Å²) >= 11 is 3.09. The number of esters is 2. The number of methoxy groups -OCH3 is 1. The van der Waals surface area contributed by atoms with E-state index in [1.807, 2.05) is 13.8 Å². The highest BCUT2D eigenvalue weighted by molar-refractivity contribution is 9.10. The van der Waals surface area contributed by atoms with Gasteiger partial charge in [-0.25, -0.2) is 0 Å². The number of azo groups is 1. The highest BCUT2D eigenvalue weighted by atomic mass is 79.9. The number of non-ortho nitro benzene ring substituents is 1. The summed E-state index contributed by atoms with van der Waals surface area (Å²) < 4.78 is 16.4. The average Bonchev–Trinajstić information content (AvgIpc) is 3.01. The lowest BCUT2D eigenvalue weighted by atomic mass is 10.1. The van der Waals surface area contributed by atoms with E-state index in [1.165, 1.54) is 26.2 Å². The van der Waals surface area contributed by atoms with Crippen LogP contribution in [0.15, 0.2) is 39.0 Å². The average molecular weight is 710 g/mol. The van der Waals surface area contributed by atoms with Crippen LogP contribution in [0.5, 0.6) is 5.75 Å². The Morgan fingerprint density at radius 2 is 1.50 bits per heavy atom. The molecule has 2 unspecified atom stereocenters. The second kappa shape index (κ2) is 17.7. The zero-order chi connectivity index (χ0) is 34.6. The SMILES string of the molecule is CCC(C)C(=O)OCCN(CCOC(=O)C(C)CC)c1cc(NC(C)=O)c(/N=N/c2c(Br)cc([N+](=O)[O-])cc2[N+](=O)[O-])cc1OC. The number of amides is 1. The number of nitrogens with one attached hydrogen (secondary N) is 1. The second-order valence-electron chi connectivity index (χ2n) is 10.2. The lowest BCUT2D eigenvalue weighted by Gasteiger charge is -2.27. The zero-order valence-electron chi connectivity index (χ0n) is 26.4. The van der Waals surface area contributed by atoms with E-state index >= 15 is 0 Å². The third kappa shape index (κ3) is 10.5. The van der Waals surface area contributed by atoms with Crippen molar-refractivity contribution in [2.24, 2.45) is 22.1 Å². The minimum absolute atomic E-state index is 0.000402. The molecular weight excluding hydrogens is 672 g/mol. The summed E-state index contributed by atoms with van der Waals surface area (Å²) in [6, 6.07) is 4.77. The van der Waals surface area contributed by atoms with Crippen molar-refractivity contribution in [2.45, 2.75) is 47.5 Å². The number of ether oxygens (including phenoxy) is 3. The maximum atomic E-state index is 12.3. The Labute approximate surface area is 273 Å². The first kappa shape index (κ1) is 37.5. The van der Waals surface area contributed by atoms with Crippen molar-refractivity contribution in [1.82, 2.24) is 0 Å². The molecule has 0 aliphatic heterocycles. The number of rotatable bonds is 17. The predicted molar refractivity (Wildman–Crippen MR) is 172 cm³/mol. The molecule has 0 bridgehead atoms. The van der Waals surface area contributed by atoms with Crippen molar-refractivity contribution < 1.29 is 38.4 Å². The van der Waals surface area contributed by atoms with Crippen molar-refractivity contribution in [3.8, 4) is 5.75 Å². The smallest absolute Gasteiger partial charge is 0.308 e. The molecule has 0 heterocycles. The summed E-state index contributed by atoms with van der Waals surface area (Å²) in [6.07, 6.45) is 1.22. The van der Waals surface area contributed by atoms with E-state index in [4.69, 9.17) is 14.2 Å². The molecule has 250 valence electrons. The summed E-state index contributed by atoms with van der Waals surface area (Å²) in [7, 11) is 1.39. The Kier molecular flexibility index (Phi) is 14.5. The molecule has 0 aliphatic carbocycles. The monoisotopic (exact) mass is 708 g/mol. The molecular formula is C29H37BrN6O10. The fourth-order valence-corrected chi connectivity index (χ4v) is 4.36. The maximum absolute atomic E-state index is 12.3. The van der Waals surface area contributed by atoms with Crippen molar-refractivity contribution in [2.75, 3.05) is 43.6 Å². The van der Waals surface area contributed by atoms with Gasteiger partial charge in [0, 0.05) is 19.1 Å². The highest BCUT2D eigenvalue weighted by Crippen LogP contribution is 2.43. The maximum Gasteiger partial charge on any atom is 0.308 e. The molecule has 0 spiro atoms. The van der Waals surface area contributed by atoms with Crippen molar-refractivity contribution >= 4 is 67.9 Å². The molecule has 17 heteroatoms. The number of nitro benzene ring substituents is 2. The van der Waals surface area contributed by atoms with Crippen LogP contribution in [0.25, 0.3) is 0 Å². The second-order valence-corrected chi connectivity index (χ2v) is 11.0. The molecule has 0 aromatic heterocycles. The van der Waals surface area contributed by atoms with Gasteiger partial charge < -0.3 is 24.4 Å². The van der Waals surface area contributed by atoms with Crippen LogP contribution in [-0.2, 0) is 23.9 Å². The lowest BCUT2D eigenvalue weighted by Crippen LogP contribution is -2.33. The summed E-state index contributed by atoms with van der Waals surface area (Å²) in [6.45, 7) is 8.86. The van der Waals surface area contributed by atoms with Gasteiger partial charge in [0.15, 0.2) is 5.69 Å². The summed E-state index contributed by atoms with van der Waals surface area (Å²) in [5.41, 5.74) is -0.869. The van der Waals surface area contributed by atoms with Crippen molar-refractivity contribution in [3.05, 3.63) is 49.0 Å². The summed E-state index contributed by atoms with van der Waals surface area (Å²) in [4.78, 5) is 59.8. The van der Waals surface area contributed by atoms with Crippen LogP contribution in [-0.4, -0.2) is 61.1 Å². The Morgan fingerprint density at radius 1 is 0.935 bits per heavy atom. The number of hydrogen-bond acceptors (Lipinski definition) is 13. The Morgan fingerprint density at radius 3 is 1.96 bits per heavy atom. The molecule has 1 N–H and O–H groups in total. The van der Waals surface area contributed by atoms with Crippen LogP contribution in [0.3, 0.4) is 0 Å². The van der Waals surface area contributed by atoms with Crippen LogP contribution in [0.2, 0.25) is 0 Å². The number of carbonyl (C=O) groups excluding carboxylic acids is 3. The van der Waals surface area contributed by atoms with Crippen LogP contribution < -0.4 is 15.0 Å². The van der Waals surface area contributed by atoms with Crippen LogP contribution in [0.4, 0.5) is 34.1 Å². The van der Waals surface area contributed by atoms with Crippen molar-refractivity contribution in [3.63, 3.8) is 0 Å². The minimum atomic E-state index is -0.829. The van der Waals surface area contributed by atoms with E-state index in [9.17, 15) is 34.6 Å². The topological polar surface area (TPSA) is 205 Å². The Balaban J connectivity index is 2.57. The number of halogens is 1. The van der Waals surface area contributed by atoms with Gasteiger partial charge in [0.25, 0.3) is 5.69 Å². The number of carbonyl (C=O) groups is 3. The van der Waals surface area contributed by atoms with Gasteiger partial charge in [0.05, 0.1) is 63.8 Å². The van der Waals surface area contributed by atoms with Gasteiger partial charge in [-0.05, 0) is 34.8 Å². The lowest BCUT2D eigenvalue weighted by molar-refractivity contribution is -0.393. The molecule has 0 radical (unpaired) electrons. The molecule has 46 heavy (non-hydrogen) atoms. The normalized spacial score (nSPS) is 12.2. The third-order valence-electron chi connectivity index (χ3n) is 6.88. The molecule has 2 aromatic carbocycles. The van der Waals surface area contributed by atoms with E-state index in [0.29, 0.717) is 18.5 Å². The van der Waals surface area contributed by atoms with Gasteiger partial charge >= 0.3 is 17.6 Å². The fourth-order valence-electron chi connectivity index (χ4n) is 3.84. The molecule has 16 nitrogen and oxygen atoms in total. The van der Waals surface area contributed by atoms with Gasteiger partial charge in [0.1, 0.15) is 24.7 Å². The minimum Gasteiger partial charge on any atom is -0.494 e. The number of benzene rings is 2.